The second kappa shape index (κ2) is 4.43. The predicted molar refractivity (Wildman–Crippen MR) is 29.3 cm³/mol. The van der Waals surface area contributed by atoms with Crippen molar-refractivity contribution < 1.29 is 23.3 Å². The summed E-state index contributed by atoms with van der Waals surface area (Å²) in [6.07, 6.45) is 4.43. The Hall–Kier alpha value is 0.544. The number of hydrogen-bond donors (Lipinski definition) is 0. The van der Waals surface area contributed by atoms with E-state index in [2.05, 4.69) is 6.92 Å². The van der Waals surface area contributed by atoms with Crippen LogP contribution in [-0.4, -0.2) is 12.7 Å². The normalized spacial score (nSPS) is 28.9. The summed E-state index contributed by atoms with van der Waals surface area (Å²) in [6.45, 7) is 3.13. The minimum Gasteiger partial charge on any atom is -0.379 e. The summed E-state index contributed by atoms with van der Waals surface area (Å²) in [4.78, 5) is 0. The first kappa shape index (κ1) is 8.54. The van der Waals surface area contributed by atoms with Crippen LogP contribution >= 0.6 is 0 Å². The van der Waals surface area contributed by atoms with Gasteiger partial charge in [0.05, 0.1) is 6.10 Å². The second-order valence-electron chi connectivity index (χ2n) is 2.18. The Kier molecular flexibility index (Phi) is 4.73. The van der Waals surface area contributed by atoms with Crippen molar-refractivity contribution in [2.45, 2.75) is 32.3 Å². The van der Waals surface area contributed by atoms with Gasteiger partial charge < -0.3 is 4.74 Å². The molecule has 0 amide bonds. The molecule has 0 bridgehead atoms. The molecule has 0 aromatic carbocycles. The van der Waals surface area contributed by atoms with E-state index < -0.39 is 0 Å². The fourth-order valence-corrected chi connectivity index (χ4v) is 0.902. The molecule has 1 aliphatic rings. The van der Waals surface area contributed by atoms with E-state index in [1.54, 1.807) is 0 Å². The molecular weight excluding hydrogens is 139 g/mol. The van der Waals surface area contributed by atoms with Crippen LogP contribution in [0.1, 0.15) is 26.2 Å². The largest absolute Gasteiger partial charge is 0.379 e. The van der Waals surface area contributed by atoms with E-state index in [4.69, 9.17) is 4.74 Å². The summed E-state index contributed by atoms with van der Waals surface area (Å²) in [5, 5.41) is 0. The van der Waals surface area contributed by atoms with E-state index in [1.165, 1.54) is 19.3 Å². The van der Waals surface area contributed by atoms with E-state index in [1.807, 2.05) is 0 Å². The number of hydrogen-bond acceptors (Lipinski definition) is 1. The monoisotopic (exact) mass is 151 g/mol. The molecule has 1 radical (unpaired) electrons. The van der Waals surface area contributed by atoms with E-state index in [0.29, 0.717) is 6.10 Å². The molecule has 1 atom stereocenters. The maximum atomic E-state index is 5.28. The Morgan fingerprint density at radius 3 is 2.38 bits per heavy atom. The SMILES string of the molecule is C[C@@H]1CCCCO1.[V]. The molecule has 1 nitrogen and oxygen atoms in total. The quantitative estimate of drug-likeness (QED) is 0.510. The van der Waals surface area contributed by atoms with Crippen molar-refractivity contribution >= 4 is 0 Å². The molecule has 1 aliphatic heterocycles. The van der Waals surface area contributed by atoms with Crippen molar-refractivity contribution in [1.82, 2.24) is 0 Å². The third-order valence-electron chi connectivity index (χ3n) is 1.41. The Balaban J connectivity index is 0.000000490. The average Bonchev–Trinajstić information content (AvgIpc) is 1.69. The fraction of sp³-hybridized carbons (Fsp3) is 1.00. The first-order valence-corrected chi connectivity index (χ1v) is 3.01. The standard InChI is InChI=1S/C6H12O.V/c1-6-4-2-3-5-7-6;/h6H,2-5H2,1H3;/t6-;/m1./s1. The molecular formula is C6H12OV. The van der Waals surface area contributed by atoms with Gasteiger partial charge in [-0.3, -0.25) is 0 Å². The van der Waals surface area contributed by atoms with E-state index in [0.717, 1.165) is 6.61 Å². The number of rotatable bonds is 0. The molecule has 0 N–H and O–H groups in total. The van der Waals surface area contributed by atoms with Crippen molar-refractivity contribution in [1.29, 1.82) is 0 Å². The molecule has 1 fully saturated rings. The van der Waals surface area contributed by atoms with Gasteiger partial charge in [0.25, 0.3) is 0 Å². The number of ether oxygens (including phenoxy) is 1. The first-order chi connectivity index (χ1) is 3.39. The van der Waals surface area contributed by atoms with Crippen LogP contribution in [0.5, 0.6) is 0 Å². The predicted octanol–water partition coefficient (Wildman–Crippen LogP) is 1.57. The fourth-order valence-electron chi connectivity index (χ4n) is 0.902. The third-order valence-corrected chi connectivity index (χ3v) is 1.41. The second-order valence-corrected chi connectivity index (χ2v) is 2.18. The van der Waals surface area contributed by atoms with E-state index in [-0.39, 0.29) is 18.6 Å². The van der Waals surface area contributed by atoms with Crippen LogP contribution in [0.3, 0.4) is 0 Å². The van der Waals surface area contributed by atoms with Crippen molar-refractivity contribution in [3.8, 4) is 0 Å². The molecule has 0 aliphatic carbocycles. The zero-order valence-electron chi connectivity index (χ0n) is 5.26. The molecule has 1 heterocycles. The molecule has 8 heavy (non-hydrogen) atoms. The van der Waals surface area contributed by atoms with Crippen LogP contribution in [-0.2, 0) is 23.3 Å². The molecule has 0 unspecified atom stereocenters. The van der Waals surface area contributed by atoms with Crippen molar-refractivity contribution in [2.75, 3.05) is 6.61 Å². The molecule has 47 valence electrons. The topological polar surface area (TPSA) is 9.23 Å². The Morgan fingerprint density at radius 2 is 2.12 bits per heavy atom. The summed E-state index contributed by atoms with van der Waals surface area (Å²) >= 11 is 0. The van der Waals surface area contributed by atoms with E-state index >= 15 is 0 Å². The summed E-state index contributed by atoms with van der Waals surface area (Å²) in [5.74, 6) is 0. The van der Waals surface area contributed by atoms with Gasteiger partial charge in [-0.15, -0.1) is 0 Å². The van der Waals surface area contributed by atoms with Gasteiger partial charge in [-0.1, -0.05) is 0 Å². The van der Waals surface area contributed by atoms with Crippen molar-refractivity contribution in [3.05, 3.63) is 0 Å². The zero-order valence-corrected chi connectivity index (χ0v) is 6.66. The molecule has 2 heteroatoms. The molecule has 0 aromatic heterocycles. The Morgan fingerprint density at radius 1 is 1.38 bits per heavy atom. The van der Waals surface area contributed by atoms with Crippen LogP contribution in [0.2, 0.25) is 0 Å². The first-order valence-electron chi connectivity index (χ1n) is 3.01. The third kappa shape index (κ3) is 2.76. The van der Waals surface area contributed by atoms with Crippen LogP contribution in [0.15, 0.2) is 0 Å². The van der Waals surface area contributed by atoms with Crippen molar-refractivity contribution in [2.24, 2.45) is 0 Å². The van der Waals surface area contributed by atoms with Crippen LogP contribution < -0.4 is 0 Å². The smallest absolute Gasteiger partial charge is 0.0547 e. The maximum absolute atomic E-state index is 5.28. The van der Waals surface area contributed by atoms with E-state index in [9.17, 15) is 0 Å². The summed E-state index contributed by atoms with van der Waals surface area (Å²) < 4.78 is 5.28. The Bertz CT molecular complexity index is 50.5. The van der Waals surface area contributed by atoms with Crippen molar-refractivity contribution in [3.63, 3.8) is 0 Å². The van der Waals surface area contributed by atoms with Gasteiger partial charge in [-0.25, -0.2) is 0 Å². The molecule has 0 spiro atoms. The summed E-state index contributed by atoms with van der Waals surface area (Å²) in [5.41, 5.74) is 0. The minimum absolute atomic E-state index is 0. The Labute approximate surface area is 62.7 Å². The zero-order chi connectivity index (χ0) is 5.11. The summed E-state index contributed by atoms with van der Waals surface area (Å²) in [7, 11) is 0. The van der Waals surface area contributed by atoms with Crippen LogP contribution in [0.25, 0.3) is 0 Å². The van der Waals surface area contributed by atoms with Gasteiger partial charge >= 0.3 is 0 Å². The van der Waals surface area contributed by atoms with Gasteiger partial charge in [-0.2, -0.15) is 0 Å². The molecule has 1 rings (SSSR count). The minimum atomic E-state index is 0. The van der Waals surface area contributed by atoms with Gasteiger partial charge in [-0.05, 0) is 26.2 Å². The van der Waals surface area contributed by atoms with Gasteiger partial charge in [0.15, 0.2) is 0 Å². The molecule has 0 saturated carbocycles. The summed E-state index contributed by atoms with van der Waals surface area (Å²) in [6, 6.07) is 0. The van der Waals surface area contributed by atoms with Crippen LogP contribution in [0, 0.1) is 0 Å². The van der Waals surface area contributed by atoms with Gasteiger partial charge in [0.2, 0.25) is 0 Å². The molecule has 0 aromatic rings. The average molecular weight is 151 g/mol. The maximum Gasteiger partial charge on any atom is 0.0547 e. The van der Waals surface area contributed by atoms with Gasteiger partial charge in [0, 0.05) is 25.2 Å². The van der Waals surface area contributed by atoms with Crippen LogP contribution in [0.4, 0.5) is 0 Å². The van der Waals surface area contributed by atoms with Gasteiger partial charge in [0.1, 0.15) is 0 Å². The molecule has 1 saturated heterocycles.